The molecule has 164 valence electrons. The quantitative estimate of drug-likeness (QED) is 0.707. The second-order valence-electron chi connectivity index (χ2n) is 8.13. The van der Waals surface area contributed by atoms with Crippen LogP contribution in [0.5, 0.6) is 5.75 Å². The highest BCUT2D eigenvalue weighted by atomic mass is 16.5. The van der Waals surface area contributed by atoms with Gasteiger partial charge in [0.15, 0.2) is 0 Å². The molecule has 1 N–H and O–H groups in total. The van der Waals surface area contributed by atoms with Crippen molar-refractivity contribution in [1.29, 1.82) is 0 Å². The molecule has 1 unspecified atom stereocenters. The lowest BCUT2D eigenvalue weighted by Crippen LogP contribution is -2.54. The van der Waals surface area contributed by atoms with E-state index in [0.717, 1.165) is 25.7 Å². The van der Waals surface area contributed by atoms with Gasteiger partial charge in [0.05, 0.1) is 7.11 Å². The number of amides is 3. The van der Waals surface area contributed by atoms with Crippen LogP contribution in [0.15, 0.2) is 24.3 Å². The van der Waals surface area contributed by atoms with Crippen molar-refractivity contribution in [3.05, 3.63) is 29.8 Å². The molecule has 1 aromatic rings. The van der Waals surface area contributed by atoms with Crippen molar-refractivity contribution in [2.24, 2.45) is 11.8 Å². The number of likely N-dealkylation sites (tertiary alicyclic amines) is 1. The molecule has 3 rings (SSSR count). The molecule has 0 radical (unpaired) electrons. The molecule has 0 bridgehead atoms. The largest absolute Gasteiger partial charge is 0.497 e. The number of carbonyl (C=O) groups excluding carboxylic acids is 3. The molecule has 0 spiro atoms. The maximum atomic E-state index is 13.2. The summed E-state index contributed by atoms with van der Waals surface area (Å²) in [5, 5.41) is 2.99. The van der Waals surface area contributed by atoms with Crippen LogP contribution in [0.2, 0.25) is 0 Å². The first-order chi connectivity index (χ1) is 14.5. The third kappa shape index (κ3) is 5.12. The van der Waals surface area contributed by atoms with Crippen molar-refractivity contribution >= 4 is 17.7 Å². The normalized spacial score (nSPS) is 17.9. The second-order valence-corrected chi connectivity index (χ2v) is 8.13. The van der Waals surface area contributed by atoms with Crippen LogP contribution in [0.3, 0.4) is 0 Å². The number of methoxy groups -OCH3 is 1. The highest BCUT2D eigenvalue weighted by Crippen LogP contribution is 2.33. The van der Waals surface area contributed by atoms with Gasteiger partial charge in [0.25, 0.3) is 5.91 Å². The van der Waals surface area contributed by atoms with Crippen LogP contribution in [0.4, 0.5) is 0 Å². The van der Waals surface area contributed by atoms with E-state index in [2.05, 4.69) is 5.32 Å². The summed E-state index contributed by atoms with van der Waals surface area (Å²) in [6.07, 6.45) is 3.44. The van der Waals surface area contributed by atoms with E-state index in [1.807, 2.05) is 18.7 Å². The van der Waals surface area contributed by atoms with Gasteiger partial charge in [-0.25, -0.2) is 0 Å². The Labute approximate surface area is 178 Å². The number of nitrogens with zero attached hydrogens (tertiary/aromatic N) is 2. The lowest BCUT2D eigenvalue weighted by atomic mass is 9.88. The zero-order valence-corrected chi connectivity index (χ0v) is 18.2. The van der Waals surface area contributed by atoms with Gasteiger partial charge in [-0.3, -0.25) is 14.4 Å². The van der Waals surface area contributed by atoms with Crippen molar-refractivity contribution in [3.8, 4) is 5.75 Å². The number of piperidine rings is 1. The van der Waals surface area contributed by atoms with Gasteiger partial charge in [0, 0.05) is 37.7 Å². The van der Waals surface area contributed by atoms with Gasteiger partial charge in [-0.2, -0.15) is 0 Å². The molecule has 30 heavy (non-hydrogen) atoms. The molecule has 3 amide bonds. The maximum Gasteiger partial charge on any atom is 0.251 e. The lowest BCUT2D eigenvalue weighted by molar-refractivity contribution is -0.136. The van der Waals surface area contributed by atoms with Crippen LogP contribution in [-0.2, 0) is 9.59 Å². The minimum absolute atomic E-state index is 0.0172. The van der Waals surface area contributed by atoms with E-state index in [4.69, 9.17) is 4.74 Å². The summed E-state index contributed by atoms with van der Waals surface area (Å²) >= 11 is 0. The topological polar surface area (TPSA) is 79.0 Å². The zero-order chi connectivity index (χ0) is 21.7. The molecule has 1 aliphatic heterocycles. The third-order valence-electron chi connectivity index (χ3n) is 6.23. The van der Waals surface area contributed by atoms with E-state index in [1.165, 1.54) is 0 Å². The standard InChI is InChI=1S/C23H33N3O4/c1-4-25(5-2)23(29)20(24-21(27)17-8-10-19(30-3)11-9-17)16-12-14-26(15-13-16)22(28)18-6-7-18/h8-11,16,18,20H,4-7,12-15H2,1-3H3,(H,24,27). The minimum Gasteiger partial charge on any atom is -0.497 e. The van der Waals surface area contributed by atoms with Crippen molar-refractivity contribution in [3.63, 3.8) is 0 Å². The number of nitrogens with one attached hydrogen (secondary N) is 1. The van der Waals surface area contributed by atoms with E-state index < -0.39 is 6.04 Å². The predicted octanol–water partition coefficient (Wildman–Crippen LogP) is 2.31. The Hall–Kier alpha value is -2.57. The Bertz CT molecular complexity index is 748. The number of rotatable bonds is 8. The smallest absolute Gasteiger partial charge is 0.251 e. The van der Waals surface area contributed by atoms with Crippen LogP contribution in [0.1, 0.15) is 49.9 Å². The zero-order valence-electron chi connectivity index (χ0n) is 18.2. The average molecular weight is 416 g/mol. The van der Waals surface area contributed by atoms with Gasteiger partial charge < -0.3 is 19.9 Å². The van der Waals surface area contributed by atoms with Gasteiger partial charge in [-0.1, -0.05) is 0 Å². The van der Waals surface area contributed by atoms with Crippen molar-refractivity contribution in [1.82, 2.24) is 15.1 Å². The van der Waals surface area contributed by atoms with E-state index in [9.17, 15) is 14.4 Å². The van der Waals surface area contributed by atoms with Crippen molar-refractivity contribution in [2.45, 2.75) is 45.6 Å². The first kappa shape index (κ1) is 22.1. The molecule has 7 nitrogen and oxygen atoms in total. The molecule has 1 saturated heterocycles. The van der Waals surface area contributed by atoms with Crippen LogP contribution in [-0.4, -0.2) is 66.9 Å². The maximum absolute atomic E-state index is 13.2. The van der Waals surface area contributed by atoms with E-state index >= 15 is 0 Å². The Morgan fingerprint density at radius 2 is 1.67 bits per heavy atom. The molecular weight excluding hydrogens is 382 g/mol. The Morgan fingerprint density at radius 1 is 1.07 bits per heavy atom. The summed E-state index contributed by atoms with van der Waals surface area (Å²) in [5.41, 5.74) is 0.495. The van der Waals surface area contributed by atoms with E-state index in [0.29, 0.717) is 37.5 Å². The first-order valence-electron chi connectivity index (χ1n) is 11.0. The number of carbonyl (C=O) groups is 3. The first-order valence-corrected chi connectivity index (χ1v) is 11.0. The average Bonchev–Trinajstić information content (AvgIpc) is 3.63. The van der Waals surface area contributed by atoms with Gasteiger partial charge in [0.2, 0.25) is 11.8 Å². The fourth-order valence-electron chi connectivity index (χ4n) is 4.12. The Morgan fingerprint density at radius 3 is 2.17 bits per heavy atom. The SMILES string of the molecule is CCN(CC)C(=O)C(NC(=O)c1ccc(OC)cc1)C1CCN(C(=O)C2CC2)CC1. The number of hydrogen-bond acceptors (Lipinski definition) is 4. The molecule has 2 fully saturated rings. The number of benzene rings is 1. The third-order valence-corrected chi connectivity index (χ3v) is 6.23. The van der Waals surface area contributed by atoms with Gasteiger partial charge in [-0.15, -0.1) is 0 Å². The summed E-state index contributed by atoms with van der Waals surface area (Å²) in [5.74, 6) is 0.846. The van der Waals surface area contributed by atoms with Gasteiger partial charge >= 0.3 is 0 Å². The van der Waals surface area contributed by atoms with Gasteiger partial charge in [0.1, 0.15) is 11.8 Å². The van der Waals surface area contributed by atoms with Crippen LogP contribution < -0.4 is 10.1 Å². The molecule has 1 atom stereocenters. The Balaban J connectivity index is 1.70. The fraction of sp³-hybridized carbons (Fsp3) is 0.609. The minimum atomic E-state index is -0.585. The molecular formula is C23H33N3O4. The summed E-state index contributed by atoms with van der Waals surface area (Å²) in [4.78, 5) is 42.2. The molecule has 2 aliphatic rings. The second kappa shape index (κ2) is 9.96. The van der Waals surface area contributed by atoms with Crippen LogP contribution >= 0.6 is 0 Å². The highest BCUT2D eigenvalue weighted by Gasteiger charge is 2.38. The van der Waals surface area contributed by atoms with Crippen LogP contribution in [0.25, 0.3) is 0 Å². The molecule has 7 heteroatoms. The van der Waals surface area contributed by atoms with E-state index in [-0.39, 0.29) is 29.6 Å². The summed E-state index contributed by atoms with van der Waals surface area (Å²) in [6.45, 7) is 6.40. The van der Waals surface area contributed by atoms with Crippen LogP contribution in [0, 0.1) is 11.8 Å². The van der Waals surface area contributed by atoms with Crippen molar-refractivity contribution in [2.75, 3.05) is 33.3 Å². The van der Waals surface area contributed by atoms with E-state index in [1.54, 1.807) is 36.3 Å². The number of likely N-dealkylation sites (N-methyl/N-ethyl adjacent to an activating group) is 1. The summed E-state index contributed by atoms with van der Waals surface area (Å²) in [7, 11) is 1.58. The summed E-state index contributed by atoms with van der Waals surface area (Å²) < 4.78 is 5.15. The van der Waals surface area contributed by atoms with Gasteiger partial charge in [-0.05, 0) is 69.7 Å². The Kier molecular flexibility index (Phi) is 7.34. The summed E-state index contributed by atoms with van der Waals surface area (Å²) in [6, 6.07) is 6.28. The number of ether oxygens (including phenoxy) is 1. The monoisotopic (exact) mass is 415 g/mol. The molecule has 1 heterocycles. The molecule has 1 saturated carbocycles. The predicted molar refractivity (Wildman–Crippen MR) is 114 cm³/mol. The molecule has 0 aromatic heterocycles. The molecule has 1 aliphatic carbocycles. The lowest BCUT2D eigenvalue weighted by Gasteiger charge is -2.37. The number of hydrogen-bond donors (Lipinski definition) is 1. The van der Waals surface area contributed by atoms with Crippen molar-refractivity contribution < 1.29 is 19.1 Å². The molecule has 1 aromatic carbocycles. The fourth-order valence-corrected chi connectivity index (χ4v) is 4.12. The highest BCUT2D eigenvalue weighted by molar-refractivity contribution is 5.97.